The van der Waals surface area contributed by atoms with Crippen LogP contribution in [-0.2, 0) is 14.8 Å². The predicted octanol–water partition coefficient (Wildman–Crippen LogP) is 0.262. The van der Waals surface area contributed by atoms with Gasteiger partial charge in [0, 0.05) is 18.7 Å². The maximum Gasteiger partial charge on any atom is 0.271 e. The molecule has 0 radical (unpaired) electrons. The Hall–Kier alpha value is -1.77. The summed E-state index contributed by atoms with van der Waals surface area (Å²) in [5.41, 5.74) is 1.61. The number of hydrogen-bond acceptors (Lipinski definition) is 4. The number of rotatable bonds is 3. The molecule has 1 aromatic carbocycles. The molecule has 2 rings (SSSR count). The van der Waals surface area contributed by atoms with Crippen molar-refractivity contribution in [2.45, 2.75) is 4.90 Å². The van der Waals surface area contributed by atoms with E-state index in [-0.39, 0.29) is 23.6 Å². The van der Waals surface area contributed by atoms with Crippen molar-refractivity contribution in [3.8, 4) is 0 Å². The molecular weight excluding hydrogens is 275 g/mol. The van der Waals surface area contributed by atoms with Crippen molar-refractivity contribution in [2.24, 2.45) is 0 Å². The number of sulfonamides is 1. The molecule has 0 saturated carbocycles. The molecule has 1 aliphatic heterocycles. The van der Waals surface area contributed by atoms with Gasteiger partial charge in [-0.05, 0) is 24.3 Å². The number of amides is 1. The first kappa shape index (κ1) is 13.7. The molecule has 0 aromatic heterocycles. The van der Waals surface area contributed by atoms with E-state index in [1.165, 1.54) is 11.6 Å². The third kappa shape index (κ3) is 2.65. The van der Waals surface area contributed by atoms with Crippen LogP contribution in [0.2, 0.25) is 0 Å². The van der Waals surface area contributed by atoms with E-state index in [0.29, 0.717) is 0 Å². The van der Waals surface area contributed by atoms with Crippen LogP contribution in [0.15, 0.2) is 40.8 Å². The largest absolute Gasteiger partial charge is 0.288 e. The van der Waals surface area contributed by atoms with E-state index in [2.05, 4.69) is 0 Å². The van der Waals surface area contributed by atoms with Gasteiger partial charge in [-0.2, -0.15) is 4.31 Å². The number of carbonyl (C=O) groups is 1. The monoisotopic (exact) mass is 286 g/mol. The maximum atomic E-state index is 12.8. The van der Waals surface area contributed by atoms with Crippen molar-refractivity contribution >= 4 is 15.9 Å². The van der Waals surface area contributed by atoms with E-state index in [1.54, 1.807) is 0 Å². The van der Waals surface area contributed by atoms with Crippen LogP contribution in [0.1, 0.15) is 0 Å². The lowest BCUT2D eigenvalue weighted by Crippen LogP contribution is -2.31. The summed E-state index contributed by atoms with van der Waals surface area (Å²) in [6.45, 7) is -0.103. The van der Waals surface area contributed by atoms with Crippen LogP contribution in [0.5, 0.6) is 0 Å². The first-order valence-electron chi connectivity index (χ1n) is 5.34. The predicted molar refractivity (Wildman–Crippen MR) is 63.2 cm³/mol. The number of hydrogen-bond donors (Lipinski definition) is 2. The Morgan fingerprint density at radius 2 is 1.95 bits per heavy atom. The topological polar surface area (TPSA) is 86.7 Å². The van der Waals surface area contributed by atoms with Gasteiger partial charge in [0.2, 0.25) is 10.0 Å². The van der Waals surface area contributed by atoms with Gasteiger partial charge in [0.1, 0.15) is 5.82 Å². The molecule has 0 atom stereocenters. The third-order valence-electron chi connectivity index (χ3n) is 2.73. The number of hydroxylamine groups is 1. The van der Waals surface area contributed by atoms with E-state index in [1.807, 2.05) is 0 Å². The van der Waals surface area contributed by atoms with Gasteiger partial charge >= 0.3 is 0 Å². The van der Waals surface area contributed by atoms with E-state index >= 15 is 0 Å². The molecule has 1 amide bonds. The highest BCUT2D eigenvalue weighted by Crippen LogP contribution is 2.21. The Bertz CT molecular complexity index is 625. The lowest BCUT2D eigenvalue weighted by molar-refractivity contribution is -0.125. The number of nitrogens with one attached hydrogen (secondary N) is 1. The van der Waals surface area contributed by atoms with Gasteiger partial charge in [0.25, 0.3) is 5.91 Å². The Labute approximate surface area is 109 Å². The molecule has 0 spiro atoms. The Balaban J connectivity index is 2.20. The fourth-order valence-corrected chi connectivity index (χ4v) is 3.06. The second kappa shape index (κ2) is 5.08. The van der Waals surface area contributed by atoms with Gasteiger partial charge in [-0.25, -0.2) is 18.3 Å². The molecule has 8 heteroatoms. The van der Waals surface area contributed by atoms with Gasteiger partial charge in [0.15, 0.2) is 0 Å². The summed E-state index contributed by atoms with van der Waals surface area (Å²) in [7, 11) is -3.78. The summed E-state index contributed by atoms with van der Waals surface area (Å²) >= 11 is 0. The molecular formula is C11H11FN2O4S. The SMILES string of the molecule is O=C(NO)C1=CCN(S(=O)(=O)c2ccc(F)cc2)C1. The fraction of sp³-hybridized carbons (Fsp3) is 0.182. The van der Waals surface area contributed by atoms with Crippen LogP contribution in [0.4, 0.5) is 4.39 Å². The van der Waals surface area contributed by atoms with Crippen LogP contribution in [0.3, 0.4) is 0 Å². The van der Waals surface area contributed by atoms with E-state index in [9.17, 15) is 17.6 Å². The first-order chi connectivity index (χ1) is 8.95. The van der Waals surface area contributed by atoms with Crippen LogP contribution in [-0.4, -0.2) is 36.9 Å². The number of carbonyl (C=O) groups excluding carboxylic acids is 1. The zero-order valence-electron chi connectivity index (χ0n) is 9.71. The molecule has 6 nitrogen and oxygen atoms in total. The summed E-state index contributed by atoms with van der Waals surface area (Å²) in [6, 6.07) is 4.43. The van der Waals surface area contributed by atoms with E-state index < -0.39 is 21.7 Å². The van der Waals surface area contributed by atoms with Gasteiger partial charge in [-0.1, -0.05) is 6.08 Å². The third-order valence-corrected chi connectivity index (χ3v) is 4.56. The van der Waals surface area contributed by atoms with Crippen molar-refractivity contribution < 1.29 is 22.8 Å². The minimum Gasteiger partial charge on any atom is -0.288 e. The second-order valence-corrected chi connectivity index (χ2v) is 5.86. The molecule has 1 heterocycles. The molecule has 19 heavy (non-hydrogen) atoms. The molecule has 0 fully saturated rings. The highest BCUT2D eigenvalue weighted by Gasteiger charge is 2.30. The smallest absolute Gasteiger partial charge is 0.271 e. The van der Waals surface area contributed by atoms with Gasteiger partial charge in [-0.3, -0.25) is 10.0 Å². The molecule has 0 bridgehead atoms. The van der Waals surface area contributed by atoms with Crippen LogP contribution in [0, 0.1) is 5.82 Å². The molecule has 0 unspecified atom stereocenters. The summed E-state index contributed by atoms with van der Waals surface area (Å²) in [4.78, 5) is 11.1. The average Bonchev–Trinajstić information content (AvgIpc) is 2.88. The zero-order valence-corrected chi connectivity index (χ0v) is 10.5. The second-order valence-electron chi connectivity index (χ2n) is 3.92. The maximum absolute atomic E-state index is 12.8. The van der Waals surface area contributed by atoms with Crippen LogP contribution in [0.25, 0.3) is 0 Å². The lowest BCUT2D eigenvalue weighted by atomic mass is 10.3. The normalized spacial score (nSPS) is 16.2. The van der Waals surface area contributed by atoms with Gasteiger partial charge < -0.3 is 0 Å². The van der Waals surface area contributed by atoms with Gasteiger partial charge in [0.05, 0.1) is 4.90 Å². The van der Waals surface area contributed by atoms with Crippen molar-refractivity contribution in [1.82, 2.24) is 9.79 Å². The minimum atomic E-state index is -3.78. The number of nitrogens with zero attached hydrogens (tertiary/aromatic N) is 1. The first-order valence-corrected chi connectivity index (χ1v) is 6.78. The summed E-state index contributed by atoms with van der Waals surface area (Å²) in [5, 5.41) is 8.48. The Morgan fingerprint density at radius 3 is 2.53 bits per heavy atom. The van der Waals surface area contributed by atoms with Crippen LogP contribution < -0.4 is 5.48 Å². The zero-order chi connectivity index (χ0) is 14.0. The fourth-order valence-electron chi connectivity index (χ4n) is 1.71. The molecule has 2 N–H and O–H groups in total. The Morgan fingerprint density at radius 1 is 1.32 bits per heavy atom. The highest BCUT2D eigenvalue weighted by atomic mass is 32.2. The summed E-state index contributed by atoms with van der Waals surface area (Å²) in [6.07, 6.45) is 1.41. The average molecular weight is 286 g/mol. The van der Waals surface area contributed by atoms with Crippen molar-refractivity contribution in [3.05, 3.63) is 41.7 Å². The Kier molecular flexibility index (Phi) is 3.65. The molecule has 102 valence electrons. The van der Waals surface area contributed by atoms with Crippen molar-refractivity contribution in [2.75, 3.05) is 13.1 Å². The summed E-state index contributed by atoms with van der Waals surface area (Å²) < 4.78 is 38.2. The quantitative estimate of drug-likeness (QED) is 0.616. The highest BCUT2D eigenvalue weighted by molar-refractivity contribution is 7.89. The minimum absolute atomic E-state index is 0.0302. The molecule has 0 aliphatic carbocycles. The lowest BCUT2D eigenvalue weighted by Gasteiger charge is -2.16. The molecule has 1 aromatic rings. The van der Waals surface area contributed by atoms with Crippen molar-refractivity contribution in [3.63, 3.8) is 0 Å². The number of benzene rings is 1. The van der Waals surface area contributed by atoms with Crippen molar-refractivity contribution in [1.29, 1.82) is 0 Å². The molecule has 0 saturated heterocycles. The standard InChI is InChI=1S/C11H11FN2O4S/c12-9-1-3-10(4-2-9)19(17,18)14-6-5-8(7-14)11(15)13-16/h1-5,16H,6-7H2,(H,13,15). The molecule has 1 aliphatic rings. The van der Waals surface area contributed by atoms with E-state index in [4.69, 9.17) is 5.21 Å². The summed E-state index contributed by atoms with van der Waals surface area (Å²) in [5.74, 6) is -1.27. The van der Waals surface area contributed by atoms with E-state index in [0.717, 1.165) is 28.6 Å². The van der Waals surface area contributed by atoms with Gasteiger partial charge in [-0.15, -0.1) is 0 Å². The van der Waals surface area contributed by atoms with Crippen LogP contribution >= 0.6 is 0 Å². The number of halogens is 1.